The number of imidazole rings is 2. The summed E-state index contributed by atoms with van der Waals surface area (Å²) in [6, 6.07) is 23.4. The van der Waals surface area contributed by atoms with Gasteiger partial charge >= 0.3 is 0 Å². The molecule has 0 radical (unpaired) electrons. The van der Waals surface area contributed by atoms with Crippen molar-refractivity contribution in [3.05, 3.63) is 48.5 Å². The smallest absolute Gasteiger partial charge is 0.204 e. The summed E-state index contributed by atoms with van der Waals surface area (Å²) in [6.07, 6.45) is 35.8. The number of nitrogens with zero attached hydrogens (tertiary/aromatic N) is 6. The minimum atomic E-state index is 0.576. The van der Waals surface area contributed by atoms with E-state index in [2.05, 4.69) is 91.9 Å². The molecule has 9 atom stereocenters. The Kier molecular flexibility index (Phi) is 13.3. The summed E-state index contributed by atoms with van der Waals surface area (Å²) >= 11 is 0. The Hall–Kier alpha value is -3.10. The zero-order valence-electron chi connectivity index (χ0n) is 38.2. The van der Waals surface area contributed by atoms with Crippen LogP contribution in [0.5, 0.6) is 0 Å². The van der Waals surface area contributed by atoms with Crippen LogP contribution in [-0.4, -0.2) is 78.2 Å². The van der Waals surface area contributed by atoms with Crippen molar-refractivity contribution in [1.82, 2.24) is 28.9 Å². The highest BCUT2D eigenvalue weighted by molar-refractivity contribution is 5.79. The molecule has 2 aromatic carbocycles. The summed E-state index contributed by atoms with van der Waals surface area (Å²) in [5.74, 6) is 4.22. The molecule has 2 N–H and O–H groups in total. The first-order valence-electron chi connectivity index (χ1n) is 26.1. The molecule has 3 saturated carbocycles. The molecule has 8 nitrogen and oxygen atoms in total. The second-order valence-corrected chi connectivity index (χ2v) is 21.0. The van der Waals surface area contributed by atoms with E-state index in [9.17, 15) is 0 Å². The van der Waals surface area contributed by atoms with Gasteiger partial charge in [-0.25, -0.2) is 9.97 Å². The van der Waals surface area contributed by atoms with Crippen molar-refractivity contribution in [2.24, 2.45) is 11.8 Å². The van der Waals surface area contributed by atoms with E-state index in [0.717, 1.165) is 84.1 Å². The average molecular weight is 829 g/mol. The number of fused-ring (bicyclic) bond motifs is 8. The highest BCUT2D eigenvalue weighted by atomic mass is 15.3. The van der Waals surface area contributed by atoms with E-state index in [1.54, 1.807) is 0 Å². The number of benzene rings is 2. The van der Waals surface area contributed by atoms with Gasteiger partial charge in [0.1, 0.15) is 0 Å². The number of rotatable bonds is 8. The van der Waals surface area contributed by atoms with E-state index >= 15 is 0 Å². The second-order valence-electron chi connectivity index (χ2n) is 21.0. The highest BCUT2D eigenvalue weighted by Gasteiger charge is 2.46. The topological polar surface area (TPSA) is 66.2 Å². The zero-order chi connectivity index (χ0) is 41.1. The Morgan fingerprint density at radius 3 is 1.26 bits per heavy atom. The van der Waals surface area contributed by atoms with Crippen molar-refractivity contribution < 1.29 is 0 Å². The van der Waals surface area contributed by atoms with Crippen LogP contribution in [0, 0.1) is 11.8 Å². The fourth-order valence-corrected chi connectivity index (χ4v) is 14.8. The molecule has 11 rings (SSSR count). The summed E-state index contributed by atoms with van der Waals surface area (Å²) in [5, 5.41) is 7.14. The largest absolute Gasteiger partial charge is 0.356 e. The summed E-state index contributed by atoms with van der Waals surface area (Å²) in [6.45, 7) is 6.22. The third-order valence-corrected chi connectivity index (χ3v) is 17.1. The van der Waals surface area contributed by atoms with Crippen molar-refractivity contribution in [2.75, 3.05) is 23.7 Å². The average Bonchev–Trinajstić information content (AvgIpc) is 3.83. The molecule has 8 heteroatoms. The minimum Gasteiger partial charge on any atom is -0.356 e. The van der Waals surface area contributed by atoms with Gasteiger partial charge in [0.05, 0.1) is 22.1 Å². The van der Waals surface area contributed by atoms with Gasteiger partial charge in [0, 0.05) is 61.4 Å². The molecule has 6 bridgehead atoms. The number of hydrogen-bond donors (Lipinski definition) is 2. The van der Waals surface area contributed by atoms with Gasteiger partial charge in [-0.3, -0.25) is 9.80 Å². The van der Waals surface area contributed by atoms with Crippen molar-refractivity contribution >= 4 is 34.0 Å². The SMILES string of the molecule is CCNc1nc2ccccc2n1C1C[C@H]2CCC[C@@H](C1)N2C1CCCCCCCCC1.CCNc1nc2ccccc2n1C1C[C@H]2CCC[C@@H](C1)N2C1C[C@H]2CCC[C@@H](C1)C2. The summed E-state index contributed by atoms with van der Waals surface area (Å²) < 4.78 is 5.13. The van der Waals surface area contributed by atoms with Gasteiger partial charge in [0.25, 0.3) is 0 Å². The first-order valence-corrected chi connectivity index (χ1v) is 26.1. The van der Waals surface area contributed by atoms with Crippen LogP contribution < -0.4 is 10.6 Å². The van der Waals surface area contributed by atoms with E-state index in [1.807, 2.05) is 0 Å². The molecule has 0 amide bonds. The van der Waals surface area contributed by atoms with Gasteiger partial charge < -0.3 is 19.8 Å². The van der Waals surface area contributed by atoms with Crippen LogP contribution >= 0.6 is 0 Å². The quantitative estimate of drug-likeness (QED) is 0.184. The lowest BCUT2D eigenvalue weighted by atomic mass is 9.68. The molecule has 0 spiro atoms. The van der Waals surface area contributed by atoms with Crippen LogP contribution in [-0.2, 0) is 0 Å². The predicted octanol–water partition coefficient (Wildman–Crippen LogP) is 12.9. The molecule has 2 aromatic heterocycles. The molecule has 4 aliphatic heterocycles. The maximum absolute atomic E-state index is 4.96. The van der Waals surface area contributed by atoms with Crippen LogP contribution in [0.2, 0.25) is 0 Å². The first-order chi connectivity index (χ1) is 30.1. The number of piperidine rings is 4. The molecule has 6 heterocycles. The minimum absolute atomic E-state index is 0.576. The third-order valence-electron chi connectivity index (χ3n) is 17.1. The van der Waals surface area contributed by atoms with E-state index in [-0.39, 0.29) is 0 Å². The van der Waals surface area contributed by atoms with Gasteiger partial charge in [0.15, 0.2) is 0 Å². The van der Waals surface area contributed by atoms with E-state index in [0.29, 0.717) is 12.1 Å². The van der Waals surface area contributed by atoms with Crippen LogP contribution in [0.1, 0.15) is 186 Å². The molecular formula is C53H80N8. The number of aromatic nitrogens is 4. The molecule has 7 fully saturated rings. The standard InChI is InChI=1S/C27H42N4.C26H38N4/c1-2-28-27-29-25-17-10-11-18-26(25)31(27)24-19-22-15-12-16-23(20-24)30(22)21-13-8-6-4-3-5-7-9-14-21;1-2-27-26-28-24-11-3-4-12-25(24)30(26)23-16-20-9-6-10-21(17-23)29(20)22-14-18-7-5-8-19(13-18)15-22/h10-11,17-18,21-24H,2-9,12-16,19-20H2,1H3,(H,28,29);3-4,11-12,18-23H,2,5-10,13-17H2,1H3,(H,27,28)/t22-,23+,24?;18-,19+,20-,21+,22?,23?. The van der Waals surface area contributed by atoms with Gasteiger partial charge in [-0.2, -0.15) is 0 Å². The van der Waals surface area contributed by atoms with E-state index in [4.69, 9.17) is 9.97 Å². The van der Waals surface area contributed by atoms with Gasteiger partial charge in [-0.15, -0.1) is 0 Å². The molecule has 4 aromatic rings. The highest BCUT2D eigenvalue weighted by Crippen LogP contribution is 2.49. The van der Waals surface area contributed by atoms with Crippen LogP contribution in [0.15, 0.2) is 48.5 Å². The Morgan fingerprint density at radius 1 is 0.410 bits per heavy atom. The Bertz CT molecular complexity index is 1970. The second kappa shape index (κ2) is 19.3. The Labute approximate surface area is 368 Å². The lowest BCUT2D eigenvalue weighted by Crippen LogP contribution is -2.58. The number of para-hydroxylation sites is 4. The summed E-state index contributed by atoms with van der Waals surface area (Å²) in [4.78, 5) is 16.0. The molecule has 332 valence electrons. The lowest BCUT2D eigenvalue weighted by molar-refractivity contribution is -0.0480. The van der Waals surface area contributed by atoms with Gasteiger partial charge in [-0.1, -0.05) is 101 Å². The number of nitrogens with one attached hydrogen (secondary N) is 2. The number of anilines is 2. The molecule has 7 aliphatic rings. The predicted molar refractivity (Wildman–Crippen MR) is 255 cm³/mol. The molecule has 3 aliphatic carbocycles. The van der Waals surface area contributed by atoms with Gasteiger partial charge in [0.2, 0.25) is 11.9 Å². The molecule has 4 saturated heterocycles. The monoisotopic (exact) mass is 829 g/mol. The summed E-state index contributed by atoms with van der Waals surface area (Å²) in [7, 11) is 0. The van der Waals surface area contributed by atoms with Crippen molar-refractivity contribution in [3.63, 3.8) is 0 Å². The van der Waals surface area contributed by atoms with Crippen LogP contribution in [0.4, 0.5) is 11.9 Å². The third kappa shape index (κ3) is 8.89. The van der Waals surface area contributed by atoms with Crippen molar-refractivity contribution in [1.29, 1.82) is 0 Å². The fourth-order valence-electron chi connectivity index (χ4n) is 14.8. The van der Waals surface area contributed by atoms with Crippen LogP contribution in [0.3, 0.4) is 0 Å². The van der Waals surface area contributed by atoms with Crippen molar-refractivity contribution in [3.8, 4) is 0 Å². The molecule has 3 unspecified atom stereocenters. The van der Waals surface area contributed by atoms with E-state index < -0.39 is 0 Å². The molecule has 61 heavy (non-hydrogen) atoms. The zero-order valence-corrected chi connectivity index (χ0v) is 38.2. The Morgan fingerprint density at radius 2 is 0.803 bits per heavy atom. The van der Waals surface area contributed by atoms with E-state index in [1.165, 1.54) is 172 Å². The molecular weight excluding hydrogens is 749 g/mol. The maximum atomic E-state index is 4.96. The van der Waals surface area contributed by atoms with Gasteiger partial charge in [-0.05, 0) is 133 Å². The first kappa shape index (κ1) is 41.9. The lowest BCUT2D eigenvalue weighted by Gasteiger charge is -2.55. The number of hydrogen-bond acceptors (Lipinski definition) is 6. The fraction of sp³-hybridized carbons (Fsp3) is 0.736. The summed E-state index contributed by atoms with van der Waals surface area (Å²) in [5.41, 5.74) is 4.91. The van der Waals surface area contributed by atoms with Crippen molar-refractivity contribution in [2.45, 2.75) is 223 Å². The Balaban J connectivity index is 0.000000146. The van der Waals surface area contributed by atoms with Crippen LogP contribution in [0.25, 0.3) is 22.1 Å². The normalized spacial score (nSPS) is 32.9. The maximum Gasteiger partial charge on any atom is 0.204 e.